The Morgan fingerprint density at radius 3 is 2.64 bits per heavy atom. The summed E-state index contributed by atoms with van der Waals surface area (Å²) in [6.07, 6.45) is 0.108. The predicted octanol–water partition coefficient (Wildman–Crippen LogP) is 1.86. The molecule has 3 heteroatoms. The van der Waals surface area contributed by atoms with Crippen LogP contribution in [-0.4, -0.2) is 13.1 Å². The largest absolute Gasteiger partial charge is 0.469 e. The zero-order chi connectivity index (χ0) is 10.4. The molecule has 1 rings (SSSR count). The van der Waals surface area contributed by atoms with Gasteiger partial charge in [0.15, 0.2) is 0 Å². The second kappa shape index (κ2) is 5.03. The van der Waals surface area contributed by atoms with Crippen LogP contribution in [0.3, 0.4) is 0 Å². The van der Waals surface area contributed by atoms with E-state index >= 15 is 0 Å². The molecule has 1 aromatic carbocycles. The Hall–Kier alpha value is -1.82. The van der Waals surface area contributed by atoms with Crippen molar-refractivity contribution in [3.63, 3.8) is 0 Å². The van der Waals surface area contributed by atoms with Gasteiger partial charge < -0.3 is 4.74 Å². The van der Waals surface area contributed by atoms with Gasteiger partial charge in [0.2, 0.25) is 0 Å². The van der Waals surface area contributed by atoms with Crippen LogP contribution in [0.15, 0.2) is 30.3 Å². The molecule has 1 aromatic rings. The normalized spacial score (nSPS) is 11.4. The van der Waals surface area contributed by atoms with Crippen molar-refractivity contribution in [3.05, 3.63) is 35.9 Å². The summed E-state index contributed by atoms with van der Waals surface area (Å²) in [5, 5.41) is 8.87. The summed E-state index contributed by atoms with van der Waals surface area (Å²) in [5.74, 6) is -0.774. The molecular weight excluding hydrogens is 178 g/mol. The summed E-state index contributed by atoms with van der Waals surface area (Å²) in [5.41, 5.74) is 0.848. The van der Waals surface area contributed by atoms with E-state index in [0.717, 1.165) is 5.56 Å². The first-order valence-corrected chi connectivity index (χ1v) is 4.29. The lowest BCUT2D eigenvalue weighted by molar-refractivity contribution is -0.140. The second-order valence-corrected chi connectivity index (χ2v) is 2.87. The van der Waals surface area contributed by atoms with Gasteiger partial charge in [-0.05, 0) is 5.56 Å². The maximum absolute atomic E-state index is 11.0. The lowest BCUT2D eigenvalue weighted by Gasteiger charge is -2.06. The highest BCUT2D eigenvalue weighted by atomic mass is 16.5. The lowest BCUT2D eigenvalue weighted by atomic mass is 9.97. The molecule has 0 aromatic heterocycles. The molecule has 0 radical (unpaired) electrons. The molecule has 0 amide bonds. The minimum absolute atomic E-state index is 0.108. The molecule has 0 spiro atoms. The number of nitriles is 1. The van der Waals surface area contributed by atoms with Crippen LogP contribution in [0.5, 0.6) is 0 Å². The summed E-state index contributed by atoms with van der Waals surface area (Å²) in [6.45, 7) is 0. The number of carbonyl (C=O) groups is 1. The van der Waals surface area contributed by atoms with Crippen LogP contribution in [0.25, 0.3) is 0 Å². The van der Waals surface area contributed by atoms with Crippen LogP contribution in [-0.2, 0) is 9.53 Å². The molecule has 0 heterocycles. The van der Waals surface area contributed by atoms with Crippen molar-refractivity contribution >= 4 is 5.97 Å². The van der Waals surface area contributed by atoms with Crippen molar-refractivity contribution < 1.29 is 9.53 Å². The Balaban J connectivity index is 2.74. The third kappa shape index (κ3) is 2.60. The highest BCUT2D eigenvalue weighted by molar-refractivity contribution is 5.71. The third-order valence-electron chi connectivity index (χ3n) is 1.96. The van der Waals surface area contributed by atoms with E-state index in [1.54, 1.807) is 0 Å². The smallest absolute Gasteiger partial charge is 0.307 e. The number of hydrogen-bond acceptors (Lipinski definition) is 3. The fourth-order valence-corrected chi connectivity index (χ4v) is 1.17. The molecule has 0 bridgehead atoms. The topological polar surface area (TPSA) is 50.1 Å². The van der Waals surface area contributed by atoms with Crippen molar-refractivity contribution in [2.45, 2.75) is 12.3 Å². The molecule has 0 saturated heterocycles. The molecule has 0 saturated carbocycles. The molecule has 0 aliphatic heterocycles. The van der Waals surface area contributed by atoms with Gasteiger partial charge >= 0.3 is 5.97 Å². The Labute approximate surface area is 82.9 Å². The van der Waals surface area contributed by atoms with E-state index < -0.39 is 5.92 Å². The zero-order valence-corrected chi connectivity index (χ0v) is 7.93. The van der Waals surface area contributed by atoms with Gasteiger partial charge in [-0.1, -0.05) is 30.3 Å². The Bertz CT molecular complexity index is 340. The average molecular weight is 189 g/mol. The third-order valence-corrected chi connectivity index (χ3v) is 1.96. The van der Waals surface area contributed by atoms with Crippen LogP contribution in [0, 0.1) is 11.3 Å². The number of carbonyl (C=O) groups excluding carboxylic acids is 1. The maximum Gasteiger partial charge on any atom is 0.307 e. The van der Waals surface area contributed by atoms with Crippen LogP contribution in [0.4, 0.5) is 0 Å². The summed E-state index contributed by atoms with van der Waals surface area (Å²) in [6, 6.07) is 11.3. The molecule has 0 N–H and O–H groups in total. The predicted molar refractivity (Wildman–Crippen MR) is 51.4 cm³/mol. The summed E-state index contributed by atoms with van der Waals surface area (Å²) < 4.78 is 4.51. The quantitative estimate of drug-likeness (QED) is 0.682. The van der Waals surface area contributed by atoms with E-state index in [2.05, 4.69) is 10.8 Å². The Morgan fingerprint density at radius 1 is 1.50 bits per heavy atom. The first-order chi connectivity index (χ1) is 6.77. The second-order valence-electron chi connectivity index (χ2n) is 2.87. The average Bonchev–Trinajstić information content (AvgIpc) is 2.26. The fourth-order valence-electron chi connectivity index (χ4n) is 1.17. The van der Waals surface area contributed by atoms with Crippen molar-refractivity contribution in [1.82, 2.24) is 0 Å². The number of ether oxygens (including phenoxy) is 1. The van der Waals surface area contributed by atoms with Gasteiger partial charge in [0.25, 0.3) is 0 Å². The molecule has 72 valence electrons. The molecule has 0 unspecified atom stereocenters. The van der Waals surface area contributed by atoms with Crippen LogP contribution in [0.2, 0.25) is 0 Å². The number of benzene rings is 1. The minimum atomic E-state index is -0.413. The highest BCUT2D eigenvalue weighted by Gasteiger charge is 2.14. The molecule has 3 nitrogen and oxygen atoms in total. The number of nitrogens with zero attached hydrogens (tertiary/aromatic N) is 1. The number of hydrogen-bond donors (Lipinski definition) is 0. The van der Waals surface area contributed by atoms with Gasteiger partial charge in [-0.3, -0.25) is 4.79 Å². The van der Waals surface area contributed by atoms with E-state index in [1.165, 1.54) is 7.11 Å². The summed E-state index contributed by atoms with van der Waals surface area (Å²) in [4.78, 5) is 11.0. The van der Waals surface area contributed by atoms with Gasteiger partial charge in [-0.25, -0.2) is 0 Å². The minimum Gasteiger partial charge on any atom is -0.469 e. The van der Waals surface area contributed by atoms with Crippen LogP contribution < -0.4 is 0 Å². The number of esters is 1. The van der Waals surface area contributed by atoms with Crippen molar-refractivity contribution in [2.75, 3.05) is 7.11 Å². The Kier molecular flexibility index (Phi) is 3.69. The van der Waals surface area contributed by atoms with Crippen molar-refractivity contribution in [1.29, 1.82) is 5.26 Å². The number of rotatable bonds is 3. The van der Waals surface area contributed by atoms with E-state index in [0.29, 0.717) is 0 Å². The fraction of sp³-hybridized carbons (Fsp3) is 0.273. The molecule has 14 heavy (non-hydrogen) atoms. The van der Waals surface area contributed by atoms with E-state index in [1.807, 2.05) is 30.3 Å². The molecule has 0 fully saturated rings. The SMILES string of the molecule is COC(=O)C[C@H](C#N)c1ccccc1. The van der Waals surface area contributed by atoms with Gasteiger partial charge in [0, 0.05) is 0 Å². The van der Waals surface area contributed by atoms with Crippen LogP contribution in [0.1, 0.15) is 17.9 Å². The summed E-state index contributed by atoms with van der Waals surface area (Å²) >= 11 is 0. The molecule has 1 atom stereocenters. The standard InChI is InChI=1S/C11H11NO2/c1-14-11(13)7-10(8-12)9-5-3-2-4-6-9/h2-6,10H,7H2,1H3/t10-/m1/s1. The van der Waals surface area contributed by atoms with Gasteiger partial charge in [0.05, 0.1) is 25.5 Å². The maximum atomic E-state index is 11.0. The zero-order valence-electron chi connectivity index (χ0n) is 7.93. The monoisotopic (exact) mass is 189 g/mol. The first-order valence-electron chi connectivity index (χ1n) is 4.29. The molecule has 0 aliphatic carbocycles. The van der Waals surface area contributed by atoms with E-state index in [-0.39, 0.29) is 12.4 Å². The van der Waals surface area contributed by atoms with Gasteiger partial charge in [0.1, 0.15) is 0 Å². The molecular formula is C11H11NO2. The summed E-state index contributed by atoms with van der Waals surface area (Å²) in [7, 11) is 1.32. The van der Waals surface area contributed by atoms with E-state index in [9.17, 15) is 4.79 Å². The number of methoxy groups -OCH3 is 1. The van der Waals surface area contributed by atoms with Crippen molar-refractivity contribution in [2.24, 2.45) is 0 Å². The van der Waals surface area contributed by atoms with Crippen molar-refractivity contribution in [3.8, 4) is 6.07 Å². The van der Waals surface area contributed by atoms with Gasteiger partial charge in [-0.2, -0.15) is 5.26 Å². The van der Waals surface area contributed by atoms with Crippen LogP contribution >= 0.6 is 0 Å². The lowest BCUT2D eigenvalue weighted by Crippen LogP contribution is -2.06. The van der Waals surface area contributed by atoms with Gasteiger partial charge in [-0.15, -0.1) is 0 Å². The first kappa shape index (κ1) is 10.3. The molecule has 0 aliphatic rings. The Morgan fingerprint density at radius 2 is 2.14 bits per heavy atom. The highest BCUT2D eigenvalue weighted by Crippen LogP contribution is 2.18. The van der Waals surface area contributed by atoms with E-state index in [4.69, 9.17) is 5.26 Å².